The van der Waals surface area contributed by atoms with E-state index in [0.717, 1.165) is 0 Å². The van der Waals surface area contributed by atoms with E-state index < -0.39 is 0 Å². The number of allylic oxidation sites excluding steroid dienone is 1. The summed E-state index contributed by atoms with van der Waals surface area (Å²) in [6.07, 6.45) is 6.82. The summed E-state index contributed by atoms with van der Waals surface area (Å²) in [4.78, 5) is 0. The normalized spacial score (nSPS) is 10.8. The van der Waals surface area contributed by atoms with E-state index in [2.05, 4.69) is 13.2 Å². The summed E-state index contributed by atoms with van der Waals surface area (Å²) in [5.41, 5.74) is 0. The van der Waals surface area contributed by atoms with Crippen LogP contribution in [0.3, 0.4) is 0 Å². The van der Waals surface area contributed by atoms with Crippen LogP contribution in [0.25, 0.3) is 0 Å². The van der Waals surface area contributed by atoms with Crippen LogP contribution in [0.1, 0.15) is 6.92 Å². The molecule has 0 bridgehead atoms. The molecule has 0 fully saturated rings. The minimum absolute atomic E-state index is 0.286. The van der Waals surface area contributed by atoms with Crippen molar-refractivity contribution in [2.45, 2.75) is 13.2 Å². The van der Waals surface area contributed by atoms with Gasteiger partial charge in [0.1, 0.15) is 0 Å². The van der Waals surface area contributed by atoms with Crippen LogP contribution >= 0.6 is 0 Å². The zero-order valence-electron chi connectivity index (χ0n) is 7.53. The molecule has 0 saturated heterocycles. The van der Waals surface area contributed by atoms with Crippen LogP contribution in [-0.2, 0) is 9.47 Å². The molecule has 0 N–H and O–H groups in total. The first-order chi connectivity index (χ1) is 5.85. The second kappa shape index (κ2) is 8.24. The van der Waals surface area contributed by atoms with Crippen LogP contribution in [0.5, 0.6) is 0 Å². The summed E-state index contributed by atoms with van der Waals surface area (Å²) in [6, 6.07) is 0. The molecule has 2 nitrogen and oxygen atoms in total. The van der Waals surface area contributed by atoms with Gasteiger partial charge in [-0.1, -0.05) is 18.2 Å². The van der Waals surface area contributed by atoms with Gasteiger partial charge in [0.15, 0.2) is 6.29 Å². The van der Waals surface area contributed by atoms with Crippen LogP contribution < -0.4 is 0 Å². The highest BCUT2D eigenvalue weighted by atomic mass is 16.7. The molecule has 0 aromatic heterocycles. The molecule has 0 atom stereocenters. The maximum absolute atomic E-state index is 5.26. The quantitative estimate of drug-likeness (QED) is 0.429. The molecule has 0 aromatic rings. The Balaban J connectivity index is 3.68. The number of hydrogen-bond donors (Lipinski definition) is 0. The molecule has 0 aromatic carbocycles. The third kappa shape index (κ3) is 5.89. The maximum atomic E-state index is 5.26. The Labute approximate surface area is 74.2 Å². The standard InChI is InChI=1S/C10H16O2/c1-4-7-10(11-8-5-2)12-9-6-3/h4-7,10H,2-3,8-9H2,1H3/b7-4+. The maximum Gasteiger partial charge on any atom is 0.177 e. The van der Waals surface area contributed by atoms with Crippen molar-refractivity contribution < 1.29 is 9.47 Å². The van der Waals surface area contributed by atoms with Gasteiger partial charge in [-0.3, -0.25) is 0 Å². The highest BCUT2D eigenvalue weighted by Gasteiger charge is 2.00. The molecule has 0 amide bonds. The summed E-state index contributed by atoms with van der Waals surface area (Å²) in [5.74, 6) is 0. The first-order valence-corrected chi connectivity index (χ1v) is 3.93. The van der Waals surface area contributed by atoms with Gasteiger partial charge in [0.05, 0.1) is 13.2 Å². The Morgan fingerprint density at radius 2 is 1.67 bits per heavy atom. The van der Waals surface area contributed by atoms with E-state index in [0.29, 0.717) is 13.2 Å². The van der Waals surface area contributed by atoms with Crippen LogP contribution in [0.2, 0.25) is 0 Å². The lowest BCUT2D eigenvalue weighted by Crippen LogP contribution is -2.14. The average Bonchev–Trinajstić information content (AvgIpc) is 2.10. The van der Waals surface area contributed by atoms with Gasteiger partial charge < -0.3 is 9.47 Å². The van der Waals surface area contributed by atoms with Gasteiger partial charge >= 0.3 is 0 Å². The van der Waals surface area contributed by atoms with Crippen molar-refractivity contribution >= 4 is 0 Å². The van der Waals surface area contributed by atoms with Crippen molar-refractivity contribution in [2.75, 3.05) is 13.2 Å². The average molecular weight is 168 g/mol. The number of rotatable bonds is 7. The van der Waals surface area contributed by atoms with Gasteiger partial charge in [-0.25, -0.2) is 0 Å². The van der Waals surface area contributed by atoms with Crippen LogP contribution in [0, 0.1) is 0 Å². The van der Waals surface area contributed by atoms with Crippen molar-refractivity contribution in [1.82, 2.24) is 0 Å². The molecule has 2 heteroatoms. The Morgan fingerprint density at radius 1 is 1.17 bits per heavy atom. The molecule has 68 valence electrons. The van der Waals surface area contributed by atoms with Crippen LogP contribution in [0.4, 0.5) is 0 Å². The van der Waals surface area contributed by atoms with Gasteiger partial charge in [0.2, 0.25) is 0 Å². The highest BCUT2D eigenvalue weighted by molar-refractivity contribution is 4.83. The molecular weight excluding hydrogens is 152 g/mol. The van der Waals surface area contributed by atoms with E-state index in [4.69, 9.17) is 9.47 Å². The van der Waals surface area contributed by atoms with E-state index in [1.165, 1.54) is 0 Å². The monoisotopic (exact) mass is 168 g/mol. The largest absolute Gasteiger partial charge is 0.345 e. The second-order valence-electron chi connectivity index (χ2n) is 2.14. The van der Waals surface area contributed by atoms with Gasteiger partial charge in [-0.2, -0.15) is 0 Å². The number of ether oxygens (including phenoxy) is 2. The summed E-state index contributed by atoms with van der Waals surface area (Å²) >= 11 is 0. The van der Waals surface area contributed by atoms with Crippen molar-refractivity contribution in [2.24, 2.45) is 0 Å². The predicted molar refractivity (Wildman–Crippen MR) is 50.9 cm³/mol. The molecule has 0 aliphatic heterocycles. The zero-order valence-corrected chi connectivity index (χ0v) is 7.53. The molecule has 0 aliphatic rings. The fraction of sp³-hybridized carbons (Fsp3) is 0.400. The molecule has 0 radical (unpaired) electrons. The smallest absolute Gasteiger partial charge is 0.177 e. The zero-order chi connectivity index (χ0) is 9.23. The fourth-order valence-electron chi connectivity index (χ4n) is 0.642. The van der Waals surface area contributed by atoms with Gasteiger partial charge in [0.25, 0.3) is 0 Å². The molecule has 12 heavy (non-hydrogen) atoms. The Bertz CT molecular complexity index is 138. The number of hydrogen-bond acceptors (Lipinski definition) is 2. The predicted octanol–water partition coefficient (Wildman–Crippen LogP) is 2.29. The molecular formula is C10H16O2. The molecule has 0 unspecified atom stereocenters. The van der Waals surface area contributed by atoms with Crippen LogP contribution in [0.15, 0.2) is 37.5 Å². The minimum Gasteiger partial charge on any atom is -0.345 e. The van der Waals surface area contributed by atoms with Crippen molar-refractivity contribution in [3.63, 3.8) is 0 Å². The highest BCUT2D eigenvalue weighted by Crippen LogP contribution is 1.97. The Morgan fingerprint density at radius 3 is 2.00 bits per heavy atom. The van der Waals surface area contributed by atoms with Crippen molar-refractivity contribution in [3.8, 4) is 0 Å². The molecule has 0 rings (SSSR count). The van der Waals surface area contributed by atoms with Gasteiger partial charge in [-0.05, 0) is 13.0 Å². The first kappa shape index (κ1) is 11.1. The van der Waals surface area contributed by atoms with Crippen molar-refractivity contribution in [3.05, 3.63) is 37.5 Å². The van der Waals surface area contributed by atoms with E-state index in [1.807, 2.05) is 19.1 Å². The second-order valence-corrected chi connectivity index (χ2v) is 2.14. The van der Waals surface area contributed by atoms with Gasteiger partial charge in [-0.15, -0.1) is 13.2 Å². The minimum atomic E-state index is -0.286. The van der Waals surface area contributed by atoms with E-state index in [9.17, 15) is 0 Å². The summed E-state index contributed by atoms with van der Waals surface area (Å²) in [7, 11) is 0. The SMILES string of the molecule is C=CCOC(/C=C/C)OCC=C. The summed E-state index contributed by atoms with van der Waals surface area (Å²) < 4.78 is 10.5. The van der Waals surface area contributed by atoms with Crippen molar-refractivity contribution in [1.29, 1.82) is 0 Å². The summed E-state index contributed by atoms with van der Waals surface area (Å²) in [5, 5.41) is 0. The van der Waals surface area contributed by atoms with Crippen LogP contribution in [-0.4, -0.2) is 19.5 Å². The molecule has 0 saturated carbocycles. The molecule has 0 aliphatic carbocycles. The van der Waals surface area contributed by atoms with E-state index >= 15 is 0 Å². The Kier molecular flexibility index (Phi) is 7.65. The van der Waals surface area contributed by atoms with Gasteiger partial charge in [0, 0.05) is 0 Å². The molecule has 0 heterocycles. The third-order valence-electron chi connectivity index (χ3n) is 1.11. The summed E-state index contributed by atoms with van der Waals surface area (Å²) in [6.45, 7) is 10.00. The lowest BCUT2D eigenvalue weighted by Gasteiger charge is -2.12. The fourth-order valence-corrected chi connectivity index (χ4v) is 0.642. The first-order valence-electron chi connectivity index (χ1n) is 3.93. The third-order valence-corrected chi connectivity index (χ3v) is 1.11. The lowest BCUT2D eigenvalue weighted by molar-refractivity contribution is -0.0935. The molecule has 0 spiro atoms. The van der Waals surface area contributed by atoms with E-state index in [1.54, 1.807) is 12.2 Å². The lowest BCUT2D eigenvalue weighted by atomic mass is 10.5. The Hall–Kier alpha value is -0.860. The van der Waals surface area contributed by atoms with E-state index in [-0.39, 0.29) is 6.29 Å². The topological polar surface area (TPSA) is 18.5 Å².